The number of methoxy groups -OCH3 is 1. The Morgan fingerprint density at radius 2 is 2.26 bits per heavy atom. The van der Waals surface area contributed by atoms with Gasteiger partial charge in [0, 0.05) is 5.56 Å². The van der Waals surface area contributed by atoms with Crippen molar-refractivity contribution in [2.24, 2.45) is 0 Å². The summed E-state index contributed by atoms with van der Waals surface area (Å²) in [6.45, 7) is 1.75. The lowest BCUT2D eigenvalue weighted by Gasteiger charge is -2.13. The first kappa shape index (κ1) is 14.8. The molecule has 0 radical (unpaired) electrons. The predicted molar refractivity (Wildman–Crippen MR) is 60.8 cm³/mol. The third-order valence-electron chi connectivity index (χ3n) is 2.36. The van der Waals surface area contributed by atoms with E-state index in [0.29, 0.717) is 0 Å². The molecule has 0 saturated heterocycles. The molecule has 19 heavy (non-hydrogen) atoms. The highest BCUT2D eigenvalue weighted by Crippen LogP contribution is 2.32. The van der Waals surface area contributed by atoms with Crippen LogP contribution in [0.5, 0.6) is 5.75 Å². The molecule has 0 amide bonds. The van der Waals surface area contributed by atoms with Crippen LogP contribution in [-0.2, 0) is 16.0 Å². The molecular weight excluding hydrogens is 258 g/mol. The van der Waals surface area contributed by atoms with Gasteiger partial charge in [0.1, 0.15) is 17.5 Å². The SMILES string of the molecule is CCOC(=O)Cc1c(OC)cnc(C#N)c1C(F)F. The van der Waals surface area contributed by atoms with Gasteiger partial charge < -0.3 is 9.47 Å². The number of pyridine rings is 1. The highest BCUT2D eigenvalue weighted by Gasteiger charge is 2.24. The van der Waals surface area contributed by atoms with Crippen LogP contribution in [0.15, 0.2) is 6.20 Å². The summed E-state index contributed by atoms with van der Waals surface area (Å²) in [5.41, 5.74) is -1.08. The molecule has 102 valence electrons. The van der Waals surface area contributed by atoms with Crippen molar-refractivity contribution in [2.45, 2.75) is 19.8 Å². The van der Waals surface area contributed by atoms with Gasteiger partial charge in [0.25, 0.3) is 6.43 Å². The molecule has 0 unspecified atom stereocenters. The van der Waals surface area contributed by atoms with Crippen LogP contribution < -0.4 is 4.74 Å². The highest BCUT2D eigenvalue weighted by molar-refractivity contribution is 5.74. The lowest BCUT2D eigenvalue weighted by Crippen LogP contribution is -2.12. The molecule has 0 saturated carbocycles. The van der Waals surface area contributed by atoms with E-state index in [2.05, 4.69) is 4.98 Å². The van der Waals surface area contributed by atoms with Gasteiger partial charge in [-0.25, -0.2) is 13.8 Å². The van der Waals surface area contributed by atoms with E-state index in [1.54, 1.807) is 13.0 Å². The number of hydrogen-bond donors (Lipinski definition) is 0. The molecule has 0 aliphatic carbocycles. The average Bonchev–Trinajstić information content (AvgIpc) is 2.37. The van der Waals surface area contributed by atoms with Crippen LogP contribution in [0.2, 0.25) is 0 Å². The molecule has 1 rings (SSSR count). The van der Waals surface area contributed by atoms with Gasteiger partial charge in [-0.05, 0) is 6.92 Å². The topological polar surface area (TPSA) is 72.2 Å². The fraction of sp³-hybridized carbons (Fsp3) is 0.417. The van der Waals surface area contributed by atoms with Crippen molar-refractivity contribution in [3.8, 4) is 11.8 Å². The summed E-state index contributed by atoms with van der Waals surface area (Å²) in [6, 6.07) is 1.58. The molecule has 5 nitrogen and oxygen atoms in total. The van der Waals surface area contributed by atoms with E-state index in [-0.39, 0.29) is 17.9 Å². The molecule has 0 N–H and O–H groups in total. The van der Waals surface area contributed by atoms with Crippen molar-refractivity contribution >= 4 is 5.97 Å². The molecule has 0 fully saturated rings. The minimum atomic E-state index is -2.93. The first-order chi connectivity index (χ1) is 9.04. The summed E-state index contributed by atoms with van der Waals surface area (Å²) >= 11 is 0. The maximum atomic E-state index is 13.0. The van der Waals surface area contributed by atoms with Crippen LogP contribution in [0, 0.1) is 11.3 Å². The number of esters is 1. The molecule has 1 aromatic heterocycles. The third kappa shape index (κ3) is 3.37. The summed E-state index contributed by atoms with van der Waals surface area (Å²) < 4.78 is 35.7. The van der Waals surface area contributed by atoms with Gasteiger partial charge in [-0.2, -0.15) is 5.26 Å². The number of rotatable bonds is 5. The maximum Gasteiger partial charge on any atom is 0.310 e. The zero-order chi connectivity index (χ0) is 14.4. The Morgan fingerprint density at radius 3 is 2.74 bits per heavy atom. The predicted octanol–water partition coefficient (Wildman–Crippen LogP) is 2.01. The zero-order valence-corrected chi connectivity index (χ0v) is 10.4. The molecule has 0 aromatic carbocycles. The Morgan fingerprint density at radius 1 is 1.58 bits per heavy atom. The zero-order valence-electron chi connectivity index (χ0n) is 10.4. The van der Waals surface area contributed by atoms with Gasteiger partial charge in [0.2, 0.25) is 0 Å². The number of nitrogens with zero attached hydrogens (tertiary/aromatic N) is 2. The Hall–Kier alpha value is -2.23. The van der Waals surface area contributed by atoms with Crippen molar-refractivity contribution in [1.29, 1.82) is 5.26 Å². The molecule has 0 bridgehead atoms. The first-order valence-electron chi connectivity index (χ1n) is 5.44. The first-order valence-corrected chi connectivity index (χ1v) is 5.44. The summed E-state index contributed by atoms with van der Waals surface area (Å²) in [5, 5.41) is 8.79. The Kier molecular flexibility index (Phi) is 5.18. The fourth-order valence-corrected chi connectivity index (χ4v) is 1.59. The van der Waals surface area contributed by atoms with E-state index in [9.17, 15) is 13.6 Å². The van der Waals surface area contributed by atoms with Gasteiger partial charge in [-0.15, -0.1) is 0 Å². The van der Waals surface area contributed by atoms with Gasteiger partial charge in [-0.1, -0.05) is 0 Å². The summed E-state index contributed by atoms with van der Waals surface area (Å²) in [5.74, 6) is -0.639. The van der Waals surface area contributed by atoms with Crippen LogP contribution in [0.25, 0.3) is 0 Å². The monoisotopic (exact) mass is 270 g/mol. The van der Waals surface area contributed by atoms with E-state index >= 15 is 0 Å². The lowest BCUT2D eigenvalue weighted by atomic mass is 10.0. The molecule has 1 aromatic rings. The number of hydrogen-bond acceptors (Lipinski definition) is 5. The summed E-state index contributed by atoms with van der Waals surface area (Å²) in [7, 11) is 1.27. The van der Waals surface area contributed by atoms with Crippen LogP contribution in [0.3, 0.4) is 0 Å². The minimum Gasteiger partial charge on any atom is -0.495 e. The smallest absolute Gasteiger partial charge is 0.310 e. The molecule has 1 heterocycles. The molecule has 7 heteroatoms. The van der Waals surface area contributed by atoms with Crippen molar-refractivity contribution in [2.75, 3.05) is 13.7 Å². The van der Waals surface area contributed by atoms with Crippen LogP contribution in [0.4, 0.5) is 8.78 Å². The normalized spacial score (nSPS) is 10.1. The van der Waals surface area contributed by atoms with Crippen molar-refractivity contribution in [3.63, 3.8) is 0 Å². The fourth-order valence-electron chi connectivity index (χ4n) is 1.59. The van der Waals surface area contributed by atoms with Crippen LogP contribution >= 0.6 is 0 Å². The number of ether oxygens (including phenoxy) is 2. The van der Waals surface area contributed by atoms with Gasteiger partial charge in [0.15, 0.2) is 0 Å². The Balaban J connectivity index is 3.31. The number of aromatic nitrogens is 1. The molecule has 0 aliphatic heterocycles. The van der Waals surface area contributed by atoms with Gasteiger partial charge >= 0.3 is 5.97 Å². The quantitative estimate of drug-likeness (QED) is 0.765. The summed E-state index contributed by atoms with van der Waals surface area (Å²) in [4.78, 5) is 15.0. The maximum absolute atomic E-state index is 13.0. The average molecular weight is 270 g/mol. The second kappa shape index (κ2) is 6.64. The number of nitriles is 1. The van der Waals surface area contributed by atoms with Crippen LogP contribution in [0.1, 0.15) is 30.2 Å². The van der Waals surface area contributed by atoms with Gasteiger partial charge in [-0.3, -0.25) is 4.79 Å². The molecular formula is C12H12F2N2O3. The molecule has 0 spiro atoms. The number of carbonyl (C=O) groups is 1. The second-order valence-corrected chi connectivity index (χ2v) is 3.46. The van der Waals surface area contributed by atoms with E-state index in [0.717, 1.165) is 6.20 Å². The Labute approximate surface area is 108 Å². The lowest BCUT2D eigenvalue weighted by molar-refractivity contribution is -0.142. The summed E-state index contributed by atoms with van der Waals surface area (Å²) in [6.07, 6.45) is -2.19. The second-order valence-electron chi connectivity index (χ2n) is 3.46. The van der Waals surface area contributed by atoms with Crippen LogP contribution in [-0.4, -0.2) is 24.7 Å². The van der Waals surface area contributed by atoms with E-state index in [1.165, 1.54) is 7.11 Å². The third-order valence-corrected chi connectivity index (χ3v) is 2.36. The van der Waals surface area contributed by atoms with Crippen molar-refractivity contribution < 1.29 is 23.0 Å². The van der Waals surface area contributed by atoms with E-state index < -0.39 is 30.1 Å². The van der Waals surface area contributed by atoms with Crippen molar-refractivity contribution in [3.05, 3.63) is 23.0 Å². The standard InChI is InChI=1S/C12H12F2N2O3/c1-3-19-10(17)4-7-9(18-2)6-16-8(5-15)11(7)12(13)14/h6,12H,3-4H2,1-2H3. The number of carbonyl (C=O) groups excluding carboxylic acids is 1. The van der Waals surface area contributed by atoms with E-state index in [4.69, 9.17) is 14.7 Å². The minimum absolute atomic E-state index is 0.0300. The number of halogens is 2. The number of alkyl halides is 2. The molecule has 0 atom stereocenters. The molecule has 0 aliphatic rings. The highest BCUT2D eigenvalue weighted by atomic mass is 19.3. The van der Waals surface area contributed by atoms with Gasteiger partial charge in [0.05, 0.1) is 31.9 Å². The largest absolute Gasteiger partial charge is 0.495 e. The van der Waals surface area contributed by atoms with Crippen molar-refractivity contribution in [1.82, 2.24) is 4.98 Å². The Bertz CT molecular complexity index is 512. The van der Waals surface area contributed by atoms with E-state index in [1.807, 2.05) is 0 Å².